The lowest BCUT2D eigenvalue weighted by Crippen LogP contribution is -2.45. The zero-order valence-corrected chi connectivity index (χ0v) is 11.4. The Morgan fingerprint density at radius 3 is 2.24 bits per heavy atom. The third-order valence-corrected chi connectivity index (χ3v) is 3.26. The molecule has 2 rings (SSSR count). The lowest BCUT2D eigenvalue weighted by molar-refractivity contribution is -0.141. The van der Waals surface area contributed by atoms with Crippen molar-refractivity contribution in [2.24, 2.45) is 0 Å². The number of rotatable bonds is 5. The van der Waals surface area contributed by atoms with Crippen molar-refractivity contribution in [3.63, 3.8) is 0 Å². The van der Waals surface area contributed by atoms with Crippen molar-refractivity contribution in [3.05, 3.63) is 65.7 Å². The van der Waals surface area contributed by atoms with E-state index in [2.05, 4.69) is 5.32 Å². The first-order chi connectivity index (χ1) is 9.92. The SMILES string of the molecule is CC(Cc1ccccc1F)(Nc1ccccc1F)C(=O)O. The number of hydrogen-bond acceptors (Lipinski definition) is 2. The topological polar surface area (TPSA) is 49.3 Å². The number of carbonyl (C=O) groups is 1. The molecule has 0 saturated heterocycles. The summed E-state index contributed by atoms with van der Waals surface area (Å²) in [6.07, 6.45) is -0.108. The summed E-state index contributed by atoms with van der Waals surface area (Å²) in [6, 6.07) is 11.7. The highest BCUT2D eigenvalue weighted by Gasteiger charge is 2.34. The lowest BCUT2D eigenvalue weighted by atomic mass is 9.92. The second-order valence-electron chi connectivity index (χ2n) is 5.01. The molecule has 0 heterocycles. The number of anilines is 1. The van der Waals surface area contributed by atoms with Gasteiger partial charge in [-0.15, -0.1) is 0 Å². The summed E-state index contributed by atoms with van der Waals surface area (Å²) in [7, 11) is 0. The number of halogens is 2. The average Bonchev–Trinajstić information content (AvgIpc) is 2.44. The van der Waals surface area contributed by atoms with Crippen molar-refractivity contribution >= 4 is 11.7 Å². The monoisotopic (exact) mass is 291 g/mol. The standard InChI is InChI=1S/C16H15F2NO2/c1-16(15(20)21,10-11-6-2-3-7-12(11)17)19-14-9-5-4-8-13(14)18/h2-9,19H,10H2,1H3,(H,20,21). The van der Waals surface area contributed by atoms with E-state index in [9.17, 15) is 18.7 Å². The van der Waals surface area contributed by atoms with E-state index in [1.807, 2.05) is 0 Å². The summed E-state index contributed by atoms with van der Waals surface area (Å²) >= 11 is 0. The second kappa shape index (κ2) is 5.91. The first-order valence-corrected chi connectivity index (χ1v) is 6.42. The van der Waals surface area contributed by atoms with Crippen LogP contribution < -0.4 is 5.32 Å². The molecule has 0 aliphatic heterocycles. The van der Waals surface area contributed by atoms with Gasteiger partial charge in [-0.3, -0.25) is 0 Å². The fourth-order valence-corrected chi connectivity index (χ4v) is 2.06. The lowest BCUT2D eigenvalue weighted by Gasteiger charge is -2.28. The molecule has 0 aromatic heterocycles. The van der Waals surface area contributed by atoms with E-state index in [0.717, 1.165) is 0 Å². The van der Waals surface area contributed by atoms with E-state index >= 15 is 0 Å². The third kappa shape index (κ3) is 3.37. The zero-order chi connectivity index (χ0) is 15.5. The Morgan fingerprint density at radius 1 is 1.10 bits per heavy atom. The molecule has 0 radical (unpaired) electrons. The molecule has 0 aliphatic carbocycles. The molecule has 2 aromatic carbocycles. The highest BCUT2D eigenvalue weighted by molar-refractivity contribution is 5.82. The maximum atomic E-state index is 13.7. The zero-order valence-electron chi connectivity index (χ0n) is 11.4. The Morgan fingerprint density at radius 2 is 1.67 bits per heavy atom. The third-order valence-electron chi connectivity index (χ3n) is 3.26. The molecule has 0 saturated carbocycles. The molecule has 0 aliphatic rings. The molecule has 0 spiro atoms. The molecule has 0 bridgehead atoms. The number of benzene rings is 2. The van der Waals surface area contributed by atoms with Gasteiger partial charge in [-0.05, 0) is 30.7 Å². The molecule has 2 N–H and O–H groups in total. The van der Waals surface area contributed by atoms with Crippen LogP contribution >= 0.6 is 0 Å². The van der Waals surface area contributed by atoms with Crippen LogP contribution in [0.2, 0.25) is 0 Å². The Balaban J connectivity index is 2.31. The van der Waals surface area contributed by atoms with Crippen LogP contribution in [0.4, 0.5) is 14.5 Å². The summed E-state index contributed by atoms with van der Waals surface area (Å²) in [5.74, 6) is -2.23. The number of carboxylic acid groups (broad SMARTS) is 1. The van der Waals surface area contributed by atoms with Crippen molar-refractivity contribution in [2.45, 2.75) is 18.9 Å². The Labute approximate surface area is 121 Å². The van der Waals surface area contributed by atoms with Gasteiger partial charge in [0.05, 0.1) is 5.69 Å². The van der Waals surface area contributed by atoms with Gasteiger partial charge in [-0.2, -0.15) is 0 Å². The molecule has 21 heavy (non-hydrogen) atoms. The second-order valence-corrected chi connectivity index (χ2v) is 5.01. The number of nitrogens with one attached hydrogen (secondary N) is 1. The molecule has 110 valence electrons. The summed E-state index contributed by atoms with van der Waals surface area (Å²) in [5, 5.41) is 12.1. The molecule has 1 atom stereocenters. The minimum Gasteiger partial charge on any atom is -0.480 e. The van der Waals surface area contributed by atoms with Crippen molar-refractivity contribution in [1.29, 1.82) is 0 Å². The molecular weight excluding hydrogens is 276 g/mol. The van der Waals surface area contributed by atoms with Crippen molar-refractivity contribution in [2.75, 3.05) is 5.32 Å². The van der Waals surface area contributed by atoms with Crippen LogP contribution in [0.1, 0.15) is 12.5 Å². The minimum atomic E-state index is -1.52. The fraction of sp³-hybridized carbons (Fsp3) is 0.188. The summed E-state index contributed by atoms with van der Waals surface area (Å²) < 4.78 is 27.4. The molecule has 0 amide bonds. The van der Waals surface area contributed by atoms with Crippen LogP contribution in [0, 0.1) is 11.6 Å². The average molecular weight is 291 g/mol. The molecule has 0 fully saturated rings. The van der Waals surface area contributed by atoms with Crippen LogP contribution in [0.15, 0.2) is 48.5 Å². The van der Waals surface area contributed by atoms with E-state index in [-0.39, 0.29) is 17.7 Å². The van der Waals surface area contributed by atoms with Gasteiger partial charge in [0.2, 0.25) is 0 Å². The minimum absolute atomic E-state index is 0.0683. The first kappa shape index (κ1) is 15.0. The maximum absolute atomic E-state index is 13.7. The number of aliphatic carboxylic acids is 1. The van der Waals surface area contributed by atoms with Crippen LogP contribution in [0.3, 0.4) is 0 Å². The van der Waals surface area contributed by atoms with Crippen molar-refractivity contribution in [3.8, 4) is 0 Å². The van der Waals surface area contributed by atoms with Gasteiger partial charge in [0.25, 0.3) is 0 Å². The highest BCUT2D eigenvalue weighted by atomic mass is 19.1. The number of carboxylic acids is 1. The molecular formula is C16H15F2NO2. The van der Waals surface area contributed by atoms with Crippen LogP contribution in [-0.4, -0.2) is 16.6 Å². The number of para-hydroxylation sites is 1. The van der Waals surface area contributed by atoms with E-state index in [4.69, 9.17) is 0 Å². The van der Waals surface area contributed by atoms with Crippen molar-refractivity contribution < 1.29 is 18.7 Å². The summed E-state index contributed by atoms with van der Waals surface area (Å²) in [6.45, 7) is 1.40. The Kier molecular flexibility index (Phi) is 4.21. The number of hydrogen-bond donors (Lipinski definition) is 2. The van der Waals surface area contributed by atoms with Gasteiger partial charge in [-0.25, -0.2) is 13.6 Å². The van der Waals surface area contributed by atoms with Gasteiger partial charge in [-0.1, -0.05) is 30.3 Å². The molecule has 5 heteroatoms. The Hall–Kier alpha value is -2.43. The quantitative estimate of drug-likeness (QED) is 0.887. The highest BCUT2D eigenvalue weighted by Crippen LogP contribution is 2.23. The predicted octanol–water partition coefficient (Wildman–Crippen LogP) is 3.46. The summed E-state index contributed by atoms with van der Waals surface area (Å²) in [5.41, 5.74) is -1.20. The smallest absolute Gasteiger partial charge is 0.329 e. The van der Waals surface area contributed by atoms with Gasteiger partial charge >= 0.3 is 5.97 Å². The van der Waals surface area contributed by atoms with Crippen LogP contribution in [0.25, 0.3) is 0 Å². The van der Waals surface area contributed by atoms with Crippen molar-refractivity contribution in [1.82, 2.24) is 0 Å². The van der Waals surface area contributed by atoms with E-state index < -0.39 is 23.1 Å². The summed E-state index contributed by atoms with van der Waals surface area (Å²) in [4.78, 5) is 11.5. The van der Waals surface area contributed by atoms with Gasteiger partial charge in [0.15, 0.2) is 0 Å². The largest absolute Gasteiger partial charge is 0.480 e. The molecule has 2 aromatic rings. The normalized spacial score (nSPS) is 13.5. The predicted molar refractivity (Wildman–Crippen MR) is 76.2 cm³/mol. The van der Waals surface area contributed by atoms with E-state index in [0.29, 0.717) is 0 Å². The van der Waals surface area contributed by atoms with Crippen LogP contribution in [0.5, 0.6) is 0 Å². The first-order valence-electron chi connectivity index (χ1n) is 6.42. The van der Waals surface area contributed by atoms with Gasteiger partial charge < -0.3 is 10.4 Å². The van der Waals surface area contributed by atoms with E-state index in [1.165, 1.54) is 43.3 Å². The molecule has 3 nitrogen and oxygen atoms in total. The Bertz CT molecular complexity index is 611. The van der Waals surface area contributed by atoms with Gasteiger partial charge in [0, 0.05) is 6.42 Å². The van der Waals surface area contributed by atoms with Gasteiger partial charge in [0.1, 0.15) is 17.2 Å². The fourth-order valence-electron chi connectivity index (χ4n) is 2.06. The maximum Gasteiger partial charge on any atom is 0.329 e. The van der Waals surface area contributed by atoms with Crippen LogP contribution in [-0.2, 0) is 11.2 Å². The molecule has 1 unspecified atom stereocenters. The van der Waals surface area contributed by atoms with E-state index in [1.54, 1.807) is 12.1 Å².